The Hall–Kier alpha value is -2.91. The normalized spacial score (nSPS) is 11.8. The molecule has 0 amide bonds. The summed E-state index contributed by atoms with van der Waals surface area (Å²) in [6.07, 6.45) is 0. The Morgan fingerprint density at radius 1 is 1.31 bits per heavy atom. The number of halogens is 1. The summed E-state index contributed by atoms with van der Waals surface area (Å²) in [5, 5.41) is 22.8. The zero-order valence-corrected chi connectivity index (χ0v) is 15.8. The van der Waals surface area contributed by atoms with Crippen LogP contribution >= 0.6 is 15.9 Å². The van der Waals surface area contributed by atoms with E-state index in [1.54, 1.807) is 24.3 Å². The SMILES string of the molecule is Cc1cc([C@@H](C)Nc2ccccc2C(=O)O)c2cc(Br)c(C#N)nc2c1. The number of fused-ring (bicyclic) bond motifs is 1. The summed E-state index contributed by atoms with van der Waals surface area (Å²) in [4.78, 5) is 15.9. The smallest absolute Gasteiger partial charge is 0.337 e. The van der Waals surface area contributed by atoms with Crippen molar-refractivity contribution in [2.24, 2.45) is 0 Å². The minimum atomic E-state index is -0.975. The van der Waals surface area contributed by atoms with Crippen LogP contribution in [0.4, 0.5) is 5.69 Å². The molecule has 1 heterocycles. The molecule has 0 spiro atoms. The molecule has 6 heteroatoms. The van der Waals surface area contributed by atoms with Crippen LogP contribution in [-0.2, 0) is 0 Å². The molecular formula is C20H16BrN3O2. The van der Waals surface area contributed by atoms with Gasteiger partial charge in [-0.05, 0) is 65.2 Å². The molecule has 2 aromatic carbocycles. The van der Waals surface area contributed by atoms with Crippen LogP contribution in [0.1, 0.15) is 40.1 Å². The summed E-state index contributed by atoms with van der Waals surface area (Å²) < 4.78 is 0.635. The average Bonchev–Trinajstić information content (AvgIpc) is 2.61. The summed E-state index contributed by atoms with van der Waals surface area (Å²) in [6, 6.07) is 14.6. The van der Waals surface area contributed by atoms with E-state index < -0.39 is 5.97 Å². The van der Waals surface area contributed by atoms with Gasteiger partial charge in [0.1, 0.15) is 6.07 Å². The lowest BCUT2D eigenvalue weighted by molar-refractivity contribution is 0.0698. The first-order valence-electron chi connectivity index (χ1n) is 8.00. The van der Waals surface area contributed by atoms with Gasteiger partial charge in [0.25, 0.3) is 0 Å². The minimum absolute atomic E-state index is 0.153. The molecule has 26 heavy (non-hydrogen) atoms. The Labute approximate surface area is 159 Å². The third-order valence-corrected chi connectivity index (χ3v) is 4.77. The van der Waals surface area contributed by atoms with E-state index in [0.717, 1.165) is 22.0 Å². The lowest BCUT2D eigenvalue weighted by atomic mass is 9.98. The zero-order chi connectivity index (χ0) is 18.8. The second kappa shape index (κ2) is 7.14. The number of pyridine rings is 1. The maximum Gasteiger partial charge on any atom is 0.337 e. The molecule has 5 nitrogen and oxygen atoms in total. The molecule has 0 unspecified atom stereocenters. The van der Waals surface area contributed by atoms with Gasteiger partial charge in [0.05, 0.1) is 15.6 Å². The topological polar surface area (TPSA) is 86.0 Å². The Balaban J connectivity index is 2.09. The fourth-order valence-corrected chi connectivity index (χ4v) is 3.37. The highest BCUT2D eigenvalue weighted by Gasteiger charge is 2.16. The molecule has 2 N–H and O–H groups in total. The average molecular weight is 410 g/mol. The Bertz CT molecular complexity index is 1060. The van der Waals surface area contributed by atoms with Gasteiger partial charge in [0.2, 0.25) is 0 Å². The van der Waals surface area contributed by atoms with E-state index in [2.05, 4.69) is 32.3 Å². The molecule has 3 rings (SSSR count). The Morgan fingerprint density at radius 3 is 2.73 bits per heavy atom. The quantitative estimate of drug-likeness (QED) is 0.629. The van der Waals surface area contributed by atoms with Crippen LogP contribution in [0.25, 0.3) is 10.9 Å². The second-order valence-corrected chi connectivity index (χ2v) is 6.92. The van der Waals surface area contributed by atoms with Crippen molar-refractivity contribution in [1.82, 2.24) is 4.98 Å². The van der Waals surface area contributed by atoms with E-state index >= 15 is 0 Å². The lowest BCUT2D eigenvalue weighted by Crippen LogP contribution is -2.11. The van der Waals surface area contributed by atoms with Crippen LogP contribution < -0.4 is 5.32 Å². The number of anilines is 1. The molecule has 0 saturated carbocycles. The van der Waals surface area contributed by atoms with E-state index in [1.165, 1.54) is 0 Å². The number of para-hydroxylation sites is 1. The summed E-state index contributed by atoms with van der Waals surface area (Å²) in [7, 11) is 0. The van der Waals surface area contributed by atoms with E-state index in [1.807, 2.05) is 32.0 Å². The summed E-state index contributed by atoms with van der Waals surface area (Å²) in [5.74, 6) is -0.975. The van der Waals surface area contributed by atoms with E-state index in [4.69, 9.17) is 0 Å². The van der Waals surface area contributed by atoms with Crippen LogP contribution in [0, 0.1) is 18.3 Å². The fourth-order valence-electron chi connectivity index (χ4n) is 2.97. The molecule has 0 aliphatic carbocycles. The molecule has 130 valence electrons. The number of aromatic carboxylic acids is 1. The number of benzene rings is 2. The number of carboxylic acid groups (broad SMARTS) is 1. The first-order chi connectivity index (χ1) is 12.4. The molecular weight excluding hydrogens is 394 g/mol. The van der Waals surface area contributed by atoms with Crippen molar-refractivity contribution in [3.63, 3.8) is 0 Å². The third kappa shape index (κ3) is 3.39. The number of nitrogens with one attached hydrogen (secondary N) is 1. The molecule has 1 atom stereocenters. The van der Waals surface area contributed by atoms with Gasteiger partial charge in [-0.15, -0.1) is 0 Å². The Morgan fingerprint density at radius 2 is 2.04 bits per heavy atom. The van der Waals surface area contributed by atoms with E-state index in [0.29, 0.717) is 15.9 Å². The molecule has 0 fully saturated rings. The van der Waals surface area contributed by atoms with Gasteiger partial charge in [-0.3, -0.25) is 0 Å². The van der Waals surface area contributed by atoms with Crippen molar-refractivity contribution in [1.29, 1.82) is 5.26 Å². The number of nitrogens with zero attached hydrogens (tertiary/aromatic N) is 2. The van der Waals surface area contributed by atoms with Crippen LogP contribution in [0.3, 0.4) is 0 Å². The van der Waals surface area contributed by atoms with Crippen LogP contribution in [0.15, 0.2) is 46.9 Å². The molecule has 0 aliphatic rings. The van der Waals surface area contributed by atoms with Crippen molar-refractivity contribution in [2.45, 2.75) is 19.9 Å². The number of carboxylic acids is 1. The van der Waals surface area contributed by atoms with Gasteiger partial charge in [0.15, 0.2) is 5.69 Å². The number of rotatable bonds is 4. The van der Waals surface area contributed by atoms with Crippen LogP contribution in [0.2, 0.25) is 0 Å². The van der Waals surface area contributed by atoms with Gasteiger partial charge in [-0.1, -0.05) is 18.2 Å². The summed E-state index contributed by atoms with van der Waals surface area (Å²) in [5.41, 5.74) is 3.86. The lowest BCUT2D eigenvalue weighted by Gasteiger charge is -2.20. The van der Waals surface area contributed by atoms with E-state index in [9.17, 15) is 15.2 Å². The fraction of sp³-hybridized carbons (Fsp3) is 0.150. The number of aryl methyl sites for hydroxylation is 1. The third-order valence-electron chi connectivity index (χ3n) is 4.17. The Kier molecular flexibility index (Phi) is 4.92. The highest BCUT2D eigenvalue weighted by atomic mass is 79.9. The predicted octanol–water partition coefficient (Wildman–Crippen LogP) is 5.05. The molecule has 0 bridgehead atoms. The van der Waals surface area contributed by atoms with Gasteiger partial charge in [-0.25, -0.2) is 9.78 Å². The van der Waals surface area contributed by atoms with Gasteiger partial charge in [-0.2, -0.15) is 5.26 Å². The van der Waals surface area contributed by atoms with Crippen molar-refractivity contribution in [3.8, 4) is 6.07 Å². The number of carbonyl (C=O) groups is 1. The highest BCUT2D eigenvalue weighted by Crippen LogP contribution is 2.31. The first kappa shape index (κ1) is 17.9. The zero-order valence-electron chi connectivity index (χ0n) is 14.2. The highest BCUT2D eigenvalue weighted by molar-refractivity contribution is 9.10. The van der Waals surface area contributed by atoms with Crippen molar-refractivity contribution in [2.75, 3.05) is 5.32 Å². The van der Waals surface area contributed by atoms with Crippen LogP contribution in [0.5, 0.6) is 0 Å². The van der Waals surface area contributed by atoms with Crippen molar-refractivity contribution >= 4 is 38.5 Å². The summed E-state index contributed by atoms with van der Waals surface area (Å²) in [6.45, 7) is 3.94. The second-order valence-electron chi connectivity index (χ2n) is 6.07. The van der Waals surface area contributed by atoms with Gasteiger partial charge in [0, 0.05) is 17.1 Å². The van der Waals surface area contributed by atoms with Gasteiger partial charge < -0.3 is 10.4 Å². The largest absolute Gasteiger partial charge is 0.478 e. The molecule has 0 radical (unpaired) electrons. The number of nitriles is 1. The van der Waals surface area contributed by atoms with E-state index in [-0.39, 0.29) is 11.6 Å². The molecule has 0 saturated heterocycles. The predicted molar refractivity (Wildman–Crippen MR) is 104 cm³/mol. The van der Waals surface area contributed by atoms with Crippen molar-refractivity contribution < 1.29 is 9.90 Å². The van der Waals surface area contributed by atoms with Crippen LogP contribution in [-0.4, -0.2) is 16.1 Å². The number of hydrogen-bond donors (Lipinski definition) is 2. The maximum absolute atomic E-state index is 11.4. The monoisotopic (exact) mass is 409 g/mol. The molecule has 0 aliphatic heterocycles. The molecule has 3 aromatic rings. The van der Waals surface area contributed by atoms with Gasteiger partial charge >= 0.3 is 5.97 Å². The minimum Gasteiger partial charge on any atom is -0.478 e. The maximum atomic E-state index is 11.4. The summed E-state index contributed by atoms with van der Waals surface area (Å²) >= 11 is 3.39. The van der Waals surface area contributed by atoms with Crippen molar-refractivity contribution in [3.05, 3.63) is 69.3 Å². The first-order valence-corrected chi connectivity index (χ1v) is 8.79. The standard InChI is InChI=1S/C20H16BrN3O2/c1-11-7-14(15-9-16(21)19(10-22)24-18(15)8-11)12(2)23-17-6-4-3-5-13(17)20(25)26/h3-9,12,23H,1-2H3,(H,25,26)/t12-/m1/s1. The number of aromatic nitrogens is 1. The number of hydrogen-bond acceptors (Lipinski definition) is 4. The molecule has 1 aromatic heterocycles.